The van der Waals surface area contributed by atoms with Gasteiger partial charge in [0.05, 0.1) is 22.6 Å². The Morgan fingerprint density at radius 3 is 2.21 bits per heavy atom. The highest BCUT2D eigenvalue weighted by Crippen LogP contribution is 2.41. The van der Waals surface area contributed by atoms with Crippen LogP contribution in [0.25, 0.3) is 0 Å². The van der Waals surface area contributed by atoms with Gasteiger partial charge >= 0.3 is 3.98 Å². The summed E-state index contributed by atoms with van der Waals surface area (Å²) in [6, 6.07) is 0. The molecule has 1 aliphatic rings. The van der Waals surface area contributed by atoms with Gasteiger partial charge in [0.2, 0.25) is 0 Å². The van der Waals surface area contributed by atoms with Crippen LogP contribution in [-0.4, -0.2) is 9.58 Å². The predicted molar refractivity (Wildman–Crippen MR) is 65.8 cm³/mol. The number of carbonyl (C=O) groups excluding carboxylic acids is 1. The summed E-state index contributed by atoms with van der Waals surface area (Å²) in [5, 5.41) is 0. The Morgan fingerprint density at radius 2 is 1.86 bits per heavy atom. The molecule has 1 rings (SSSR count). The van der Waals surface area contributed by atoms with Crippen molar-refractivity contribution in [2.45, 2.75) is 58.0 Å². The Labute approximate surface area is 99.9 Å². The largest absolute Gasteiger partial charge is 0.451 e. The van der Waals surface area contributed by atoms with Crippen LogP contribution in [0.15, 0.2) is 0 Å². The topological polar surface area (TPSA) is 26.3 Å². The van der Waals surface area contributed by atoms with Crippen LogP contribution < -0.4 is 0 Å². The molecule has 1 aliphatic carbocycles. The number of hydrogen-bond acceptors (Lipinski definition) is 2. The summed E-state index contributed by atoms with van der Waals surface area (Å²) in [5.74, 6) is 0.594. The summed E-state index contributed by atoms with van der Waals surface area (Å²) in [4.78, 5) is 11.1. The summed E-state index contributed by atoms with van der Waals surface area (Å²) in [7, 11) is 0. The van der Waals surface area contributed by atoms with Crippen molar-refractivity contribution in [1.82, 2.24) is 0 Å². The first-order chi connectivity index (χ1) is 6.64. The maximum absolute atomic E-state index is 11.1. The third-order valence-corrected chi connectivity index (χ3v) is 3.80. The normalized spacial score (nSPS) is 18.5. The van der Waals surface area contributed by atoms with E-state index in [0.717, 1.165) is 12.8 Å². The molecule has 0 amide bonds. The van der Waals surface area contributed by atoms with E-state index in [-0.39, 0.29) is 9.58 Å². The third kappa shape index (κ3) is 2.61. The van der Waals surface area contributed by atoms with E-state index >= 15 is 0 Å². The number of halogens is 1. The Hall–Kier alpha value is 0.200. The van der Waals surface area contributed by atoms with Crippen molar-refractivity contribution in [1.29, 1.82) is 0 Å². The molecule has 0 radical (unpaired) electrons. The maximum atomic E-state index is 11.1. The highest BCUT2D eigenvalue weighted by Gasteiger charge is 2.40. The quantitative estimate of drug-likeness (QED) is 0.571. The van der Waals surface area contributed by atoms with Crippen LogP contribution in [0.5, 0.6) is 0 Å². The van der Waals surface area contributed by atoms with Gasteiger partial charge in [-0.1, -0.05) is 26.7 Å². The summed E-state index contributed by atoms with van der Waals surface area (Å²) in [6.45, 7) is 4.25. The van der Waals surface area contributed by atoms with Crippen LogP contribution in [-0.2, 0) is 4.74 Å². The van der Waals surface area contributed by atoms with Crippen LogP contribution in [0.1, 0.15) is 52.4 Å². The second-order valence-electron chi connectivity index (χ2n) is 4.09. The zero-order chi connectivity index (χ0) is 10.6. The van der Waals surface area contributed by atoms with E-state index in [1.165, 1.54) is 25.7 Å². The minimum Gasteiger partial charge on any atom is -0.451 e. The van der Waals surface area contributed by atoms with Gasteiger partial charge in [-0.3, -0.25) is 0 Å². The number of hydrogen-bond donors (Lipinski definition) is 0. The molecule has 0 aromatic rings. The molecule has 14 heavy (non-hydrogen) atoms. The molecule has 0 aromatic heterocycles. The highest BCUT2D eigenvalue weighted by molar-refractivity contribution is 14.1. The SMILES string of the molecule is CCC(CC)(OC(=O)I)C1CCCC1. The second-order valence-corrected chi connectivity index (χ2v) is 4.97. The van der Waals surface area contributed by atoms with Crippen molar-refractivity contribution in [3.63, 3.8) is 0 Å². The number of carbonyl (C=O) groups is 1. The summed E-state index contributed by atoms with van der Waals surface area (Å²) >= 11 is 1.74. The van der Waals surface area contributed by atoms with Crippen molar-refractivity contribution < 1.29 is 9.53 Å². The lowest BCUT2D eigenvalue weighted by atomic mass is 9.81. The van der Waals surface area contributed by atoms with Crippen molar-refractivity contribution in [3.8, 4) is 0 Å². The zero-order valence-corrected chi connectivity index (χ0v) is 11.2. The van der Waals surface area contributed by atoms with Gasteiger partial charge in [0.1, 0.15) is 5.60 Å². The Balaban J connectivity index is 2.72. The average molecular weight is 310 g/mol. The minimum atomic E-state index is -0.172. The fraction of sp³-hybridized carbons (Fsp3) is 0.909. The first-order valence-electron chi connectivity index (χ1n) is 5.53. The van der Waals surface area contributed by atoms with E-state index in [1.807, 2.05) is 0 Å². The molecule has 0 bridgehead atoms. The minimum absolute atomic E-state index is 0.154. The Bertz CT molecular complexity index is 193. The second kappa shape index (κ2) is 5.33. The zero-order valence-electron chi connectivity index (χ0n) is 9.01. The van der Waals surface area contributed by atoms with Crippen molar-refractivity contribution in [3.05, 3.63) is 0 Å². The predicted octanol–water partition coefficient (Wildman–Crippen LogP) is 4.31. The lowest BCUT2D eigenvalue weighted by Gasteiger charge is -2.36. The van der Waals surface area contributed by atoms with Gasteiger partial charge in [0.25, 0.3) is 0 Å². The molecule has 0 spiro atoms. The molecule has 2 nitrogen and oxygen atoms in total. The van der Waals surface area contributed by atoms with Gasteiger partial charge in [-0.05, 0) is 31.6 Å². The molecule has 1 saturated carbocycles. The van der Waals surface area contributed by atoms with E-state index in [1.54, 1.807) is 22.6 Å². The van der Waals surface area contributed by atoms with Crippen molar-refractivity contribution >= 4 is 26.6 Å². The smallest absolute Gasteiger partial charge is 0.367 e. The standard InChI is InChI=1S/C11H19IO2/c1-3-11(4-2,14-10(12)13)9-7-5-6-8-9/h9H,3-8H2,1-2H3. The number of ether oxygens (including phenoxy) is 1. The van der Waals surface area contributed by atoms with Crippen molar-refractivity contribution in [2.24, 2.45) is 5.92 Å². The van der Waals surface area contributed by atoms with Gasteiger partial charge in [-0.15, -0.1) is 0 Å². The fourth-order valence-electron chi connectivity index (χ4n) is 2.67. The number of rotatable bonds is 4. The lowest BCUT2D eigenvalue weighted by molar-refractivity contribution is -0.0250. The molecule has 0 unspecified atom stereocenters. The van der Waals surface area contributed by atoms with Crippen molar-refractivity contribution in [2.75, 3.05) is 0 Å². The monoisotopic (exact) mass is 310 g/mol. The molecule has 0 aliphatic heterocycles. The van der Waals surface area contributed by atoms with Gasteiger partial charge < -0.3 is 4.74 Å². The van der Waals surface area contributed by atoms with Gasteiger partial charge in [0, 0.05) is 0 Å². The average Bonchev–Trinajstić information content (AvgIpc) is 2.67. The van der Waals surface area contributed by atoms with E-state index in [2.05, 4.69) is 13.8 Å². The van der Waals surface area contributed by atoms with E-state index in [9.17, 15) is 4.79 Å². The highest BCUT2D eigenvalue weighted by atomic mass is 127. The molecule has 82 valence electrons. The van der Waals surface area contributed by atoms with Gasteiger partial charge in [-0.25, -0.2) is 4.79 Å². The molecule has 0 heterocycles. The first-order valence-corrected chi connectivity index (χ1v) is 6.61. The van der Waals surface area contributed by atoms with Gasteiger partial charge in [-0.2, -0.15) is 0 Å². The third-order valence-electron chi connectivity index (χ3n) is 3.58. The maximum Gasteiger partial charge on any atom is 0.367 e. The van der Waals surface area contributed by atoms with Crippen LogP contribution in [0.2, 0.25) is 0 Å². The summed E-state index contributed by atoms with van der Waals surface area (Å²) in [5.41, 5.74) is -0.172. The molecule has 0 N–H and O–H groups in total. The Morgan fingerprint density at radius 1 is 1.36 bits per heavy atom. The molecular formula is C11H19IO2. The molecule has 0 atom stereocenters. The molecule has 3 heteroatoms. The van der Waals surface area contributed by atoms with E-state index < -0.39 is 0 Å². The molecule has 1 fully saturated rings. The van der Waals surface area contributed by atoms with Gasteiger partial charge in [0.15, 0.2) is 0 Å². The van der Waals surface area contributed by atoms with Crippen LogP contribution in [0.4, 0.5) is 4.79 Å². The van der Waals surface area contributed by atoms with Crippen LogP contribution in [0, 0.1) is 5.92 Å². The summed E-state index contributed by atoms with van der Waals surface area (Å²) < 4.78 is 5.41. The summed E-state index contributed by atoms with van der Waals surface area (Å²) in [6.07, 6.45) is 6.94. The molecule has 0 saturated heterocycles. The fourth-order valence-corrected chi connectivity index (χ4v) is 3.11. The lowest BCUT2D eigenvalue weighted by Crippen LogP contribution is -2.39. The van der Waals surface area contributed by atoms with Crippen LogP contribution >= 0.6 is 22.6 Å². The first kappa shape index (κ1) is 12.3. The molecular weight excluding hydrogens is 291 g/mol. The van der Waals surface area contributed by atoms with E-state index in [4.69, 9.17) is 4.74 Å². The Kier molecular flexibility index (Phi) is 4.67. The van der Waals surface area contributed by atoms with Crippen LogP contribution in [0.3, 0.4) is 0 Å². The van der Waals surface area contributed by atoms with E-state index in [0.29, 0.717) is 5.92 Å². The molecule has 0 aromatic carbocycles.